The maximum Gasteiger partial charge on any atom is 0.338 e. The number of thiazole rings is 1. The highest BCUT2D eigenvalue weighted by atomic mass is 127. The van der Waals surface area contributed by atoms with E-state index in [0.717, 1.165) is 18.3 Å². The van der Waals surface area contributed by atoms with Crippen molar-refractivity contribution in [3.8, 4) is 5.75 Å². The van der Waals surface area contributed by atoms with Gasteiger partial charge in [-0.3, -0.25) is 9.36 Å². The highest BCUT2D eigenvalue weighted by Crippen LogP contribution is 2.35. The summed E-state index contributed by atoms with van der Waals surface area (Å²) in [5, 5.41) is 0. The highest BCUT2D eigenvalue weighted by Gasteiger charge is 2.35. The van der Waals surface area contributed by atoms with E-state index < -0.39 is 17.8 Å². The highest BCUT2D eigenvalue weighted by molar-refractivity contribution is 14.1. The molecule has 0 fully saturated rings. The second-order valence-electron chi connectivity index (χ2n) is 11.0. The Morgan fingerprint density at radius 1 is 0.900 bits per heavy atom. The molecule has 254 valence electrons. The van der Waals surface area contributed by atoms with Crippen molar-refractivity contribution in [1.82, 2.24) is 4.57 Å². The van der Waals surface area contributed by atoms with E-state index in [-0.39, 0.29) is 23.7 Å². The first-order valence-electron chi connectivity index (χ1n) is 15.6. The fourth-order valence-corrected chi connectivity index (χ4v) is 8.59. The monoisotopic (exact) mass is 914 g/mol. The molecule has 0 unspecified atom stereocenters. The molecule has 2 heterocycles. The van der Waals surface area contributed by atoms with Gasteiger partial charge in [-0.1, -0.05) is 65.9 Å². The van der Waals surface area contributed by atoms with Crippen LogP contribution >= 0.6 is 56.5 Å². The zero-order chi connectivity index (χ0) is 35.4. The van der Waals surface area contributed by atoms with E-state index in [1.807, 2.05) is 54.6 Å². The largest absolute Gasteiger partial charge is 0.487 e. The minimum atomic E-state index is -0.898. The van der Waals surface area contributed by atoms with Crippen LogP contribution in [0.3, 0.4) is 0 Å². The Morgan fingerprint density at radius 3 is 2.18 bits per heavy atom. The number of hydrogen-bond acceptors (Lipinski definition) is 8. The van der Waals surface area contributed by atoms with E-state index in [0.29, 0.717) is 50.7 Å². The van der Waals surface area contributed by atoms with Crippen LogP contribution in [-0.4, -0.2) is 29.7 Å². The molecule has 0 amide bonds. The topological polar surface area (TPSA) is 96.2 Å². The van der Waals surface area contributed by atoms with E-state index >= 15 is 0 Å². The van der Waals surface area contributed by atoms with E-state index in [4.69, 9.17) is 19.2 Å². The molecular formula is C38H29FI2N2O6S. The zero-order valence-corrected chi connectivity index (χ0v) is 32.0. The van der Waals surface area contributed by atoms with Crippen molar-refractivity contribution in [2.24, 2.45) is 4.99 Å². The molecule has 1 aromatic heterocycles. The molecule has 0 spiro atoms. The number of fused-ring (bicyclic) bond motifs is 1. The van der Waals surface area contributed by atoms with Crippen molar-refractivity contribution in [2.75, 3.05) is 13.2 Å². The van der Waals surface area contributed by atoms with E-state index in [9.17, 15) is 18.8 Å². The Labute approximate surface area is 318 Å². The number of esters is 2. The number of carbonyl (C=O) groups excluding carboxylic acids is 2. The molecule has 12 heteroatoms. The summed E-state index contributed by atoms with van der Waals surface area (Å²) in [6, 6.07) is 25.1. The summed E-state index contributed by atoms with van der Waals surface area (Å²) in [4.78, 5) is 45.1. The van der Waals surface area contributed by atoms with Crippen LogP contribution in [0.25, 0.3) is 11.8 Å². The molecule has 1 aliphatic heterocycles. The number of nitrogens with zero attached hydrogens (tertiary/aromatic N) is 2. The van der Waals surface area contributed by atoms with Gasteiger partial charge in [-0.15, -0.1) is 0 Å². The molecule has 4 aromatic carbocycles. The van der Waals surface area contributed by atoms with Gasteiger partial charge in [-0.05, 0) is 118 Å². The van der Waals surface area contributed by atoms with Gasteiger partial charge in [-0.25, -0.2) is 19.0 Å². The average molecular weight is 915 g/mol. The third-order valence-electron chi connectivity index (χ3n) is 7.73. The van der Waals surface area contributed by atoms with Crippen molar-refractivity contribution in [1.29, 1.82) is 0 Å². The second kappa shape index (κ2) is 15.8. The molecule has 5 aromatic rings. The molecule has 6 rings (SSSR count). The smallest absolute Gasteiger partial charge is 0.338 e. The van der Waals surface area contributed by atoms with Crippen LogP contribution in [0.4, 0.5) is 4.39 Å². The van der Waals surface area contributed by atoms with Crippen molar-refractivity contribution >= 4 is 80.2 Å². The molecule has 0 radical (unpaired) electrons. The SMILES string of the molecule is CCOC(=O)C1=C(c2ccccc2)N=c2s/c(=C\c3cc(I)c(OCc4ccc(C(=O)OCC)cc4)c(I)c3)c(=O)n2[C@H]1c1ccc(F)cc1. The summed E-state index contributed by atoms with van der Waals surface area (Å²) < 4.78 is 34.4. The minimum absolute atomic E-state index is 0.129. The lowest BCUT2D eigenvalue weighted by molar-refractivity contribution is -0.138. The van der Waals surface area contributed by atoms with Gasteiger partial charge in [0.25, 0.3) is 5.56 Å². The number of ether oxygens (including phenoxy) is 3. The molecule has 0 N–H and O–H groups in total. The predicted octanol–water partition coefficient (Wildman–Crippen LogP) is 7.04. The van der Waals surface area contributed by atoms with Crippen LogP contribution in [0.1, 0.15) is 52.5 Å². The van der Waals surface area contributed by atoms with Crippen LogP contribution in [-0.2, 0) is 20.9 Å². The predicted molar refractivity (Wildman–Crippen MR) is 206 cm³/mol. The van der Waals surface area contributed by atoms with Gasteiger partial charge in [0.2, 0.25) is 0 Å². The van der Waals surface area contributed by atoms with Gasteiger partial charge in [0.1, 0.15) is 18.2 Å². The molecule has 0 saturated carbocycles. The maximum absolute atomic E-state index is 14.2. The Bertz CT molecular complexity index is 2260. The summed E-state index contributed by atoms with van der Waals surface area (Å²) in [6.45, 7) is 4.22. The number of rotatable bonds is 10. The fraction of sp³-hybridized carbons (Fsp3) is 0.158. The molecule has 1 aliphatic rings. The first-order chi connectivity index (χ1) is 24.2. The molecule has 1 atom stereocenters. The van der Waals surface area contributed by atoms with Crippen molar-refractivity contribution in [3.05, 3.63) is 157 Å². The van der Waals surface area contributed by atoms with E-state index in [1.54, 1.807) is 44.2 Å². The Morgan fingerprint density at radius 2 is 1.54 bits per heavy atom. The van der Waals surface area contributed by atoms with Crippen LogP contribution < -0.4 is 19.6 Å². The number of benzene rings is 4. The van der Waals surface area contributed by atoms with Crippen molar-refractivity contribution < 1.29 is 28.2 Å². The quantitative estimate of drug-likeness (QED) is 0.110. The number of aromatic nitrogens is 1. The Kier molecular flexibility index (Phi) is 11.3. The Balaban J connectivity index is 1.39. The first kappa shape index (κ1) is 35.7. The second-order valence-corrected chi connectivity index (χ2v) is 14.3. The molecular weight excluding hydrogens is 885 g/mol. The van der Waals surface area contributed by atoms with Crippen LogP contribution in [0.15, 0.2) is 106 Å². The third kappa shape index (κ3) is 7.61. The fourth-order valence-electron chi connectivity index (χ4n) is 5.46. The summed E-state index contributed by atoms with van der Waals surface area (Å²) in [7, 11) is 0. The lowest BCUT2D eigenvalue weighted by atomic mass is 9.93. The van der Waals surface area contributed by atoms with Gasteiger partial charge in [-0.2, -0.15) is 0 Å². The summed E-state index contributed by atoms with van der Waals surface area (Å²) in [5.74, 6) is -0.709. The number of halogens is 3. The van der Waals surface area contributed by atoms with Gasteiger partial charge in [0.05, 0.1) is 47.8 Å². The summed E-state index contributed by atoms with van der Waals surface area (Å²) in [6.07, 6.45) is 1.80. The van der Waals surface area contributed by atoms with Crippen LogP contribution in [0, 0.1) is 13.0 Å². The molecule has 50 heavy (non-hydrogen) atoms. The molecule has 0 saturated heterocycles. The van der Waals surface area contributed by atoms with E-state index in [2.05, 4.69) is 45.2 Å². The Hall–Kier alpha value is -4.15. The standard InChI is InChI=1S/C38H29FI2N2O6S/c1-3-47-36(45)26-12-10-22(11-13-26)21-49-34-28(40)18-23(19-29(34)41)20-30-35(44)43-33(25-14-16-27(39)17-15-25)31(37(46)48-4-2)32(42-38(43)50-30)24-8-6-5-7-9-24/h5-20,33H,3-4,21H2,1-2H3/b30-20-/t33-/m0/s1. The third-order valence-corrected chi connectivity index (χ3v) is 10.3. The lowest BCUT2D eigenvalue weighted by Gasteiger charge is -2.25. The van der Waals surface area contributed by atoms with Gasteiger partial charge in [0, 0.05) is 5.56 Å². The maximum atomic E-state index is 14.2. The average Bonchev–Trinajstić information content (AvgIpc) is 3.42. The number of carbonyl (C=O) groups is 2. The summed E-state index contributed by atoms with van der Waals surface area (Å²) in [5.41, 5.74) is 3.64. The van der Waals surface area contributed by atoms with Crippen molar-refractivity contribution in [2.45, 2.75) is 26.5 Å². The summed E-state index contributed by atoms with van der Waals surface area (Å²) >= 11 is 5.63. The molecule has 0 bridgehead atoms. The minimum Gasteiger partial charge on any atom is -0.487 e. The van der Waals surface area contributed by atoms with Gasteiger partial charge < -0.3 is 14.2 Å². The normalized spacial score (nSPS) is 14.2. The first-order valence-corrected chi connectivity index (χ1v) is 18.6. The van der Waals surface area contributed by atoms with E-state index in [1.165, 1.54) is 28.0 Å². The molecule has 0 aliphatic carbocycles. The molecule has 8 nitrogen and oxygen atoms in total. The van der Waals surface area contributed by atoms with Gasteiger partial charge in [0.15, 0.2) is 4.80 Å². The van der Waals surface area contributed by atoms with Crippen LogP contribution in [0.2, 0.25) is 0 Å². The zero-order valence-electron chi connectivity index (χ0n) is 26.8. The van der Waals surface area contributed by atoms with Crippen LogP contribution in [0.5, 0.6) is 5.75 Å². The lowest BCUT2D eigenvalue weighted by Crippen LogP contribution is -2.40. The number of hydrogen-bond donors (Lipinski definition) is 0. The van der Waals surface area contributed by atoms with Crippen molar-refractivity contribution in [3.63, 3.8) is 0 Å². The van der Waals surface area contributed by atoms with Gasteiger partial charge >= 0.3 is 11.9 Å².